The Labute approximate surface area is 151 Å². The number of rotatable bonds is 6. The minimum absolute atomic E-state index is 0.0314. The van der Waals surface area contributed by atoms with Crippen LogP contribution in [0.1, 0.15) is 23.3 Å². The van der Waals surface area contributed by atoms with Gasteiger partial charge in [0.05, 0.1) is 18.9 Å². The van der Waals surface area contributed by atoms with Crippen molar-refractivity contribution in [3.05, 3.63) is 10.7 Å². The number of nitrogens with zero attached hydrogens (tertiary/aromatic N) is 3. The van der Waals surface area contributed by atoms with Crippen LogP contribution >= 0.6 is 11.6 Å². The number of ether oxygens (including phenoxy) is 2. The Morgan fingerprint density at radius 3 is 2.76 bits per heavy atom. The normalized spacial score (nSPS) is 18.8. The van der Waals surface area contributed by atoms with Crippen molar-refractivity contribution in [2.75, 3.05) is 39.2 Å². The van der Waals surface area contributed by atoms with Crippen molar-refractivity contribution < 1.29 is 22.7 Å². The summed E-state index contributed by atoms with van der Waals surface area (Å²) in [5.74, 6) is 0.0261. The zero-order valence-electron chi connectivity index (χ0n) is 13.9. The third-order valence-corrected chi connectivity index (χ3v) is 6.51. The van der Waals surface area contributed by atoms with E-state index >= 15 is 0 Å². The van der Waals surface area contributed by atoms with Crippen LogP contribution in [0.2, 0.25) is 5.02 Å². The molecule has 140 valence electrons. The van der Waals surface area contributed by atoms with Gasteiger partial charge in [0.15, 0.2) is 5.69 Å². The number of methoxy groups -OCH3 is 1. The molecule has 11 heteroatoms. The maximum absolute atomic E-state index is 12.4. The monoisotopic (exact) mass is 392 g/mol. The molecule has 2 aliphatic rings. The summed E-state index contributed by atoms with van der Waals surface area (Å²) in [5.41, 5.74) is 0.145. The Morgan fingerprint density at radius 1 is 1.40 bits per heavy atom. The molecule has 2 aliphatic heterocycles. The molecule has 0 aromatic carbocycles. The van der Waals surface area contributed by atoms with E-state index in [9.17, 15) is 13.2 Å². The van der Waals surface area contributed by atoms with Crippen LogP contribution in [-0.2, 0) is 21.3 Å². The summed E-state index contributed by atoms with van der Waals surface area (Å²) in [4.78, 5) is 12.4. The molecule has 0 radical (unpaired) electrons. The van der Waals surface area contributed by atoms with Crippen LogP contribution < -0.4 is 10.1 Å². The van der Waals surface area contributed by atoms with Crippen molar-refractivity contribution in [3.8, 4) is 5.88 Å². The van der Waals surface area contributed by atoms with Gasteiger partial charge in [-0.25, -0.2) is 17.4 Å². The lowest BCUT2D eigenvalue weighted by Crippen LogP contribution is -2.47. The molecule has 0 saturated carbocycles. The van der Waals surface area contributed by atoms with E-state index < -0.39 is 10.0 Å². The molecule has 1 fully saturated rings. The second-order valence-corrected chi connectivity index (χ2v) is 8.46. The number of carbonyl (C=O) groups excluding carboxylic acids is 1. The number of hydrogen-bond donors (Lipinski definition) is 1. The van der Waals surface area contributed by atoms with Gasteiger partial charge >= 0.3 is 0 Å². The number of piperidine rings is 1. The number of fused-ring (bicyclic) bond motifs is 1. The first-order chi connectivity index (χ1) is 11.9. The highest BCUT2D eigenvalue weighted by Crippen LogP contribution is 2.31. The van der Waals surface area contributed by atoms with E-state index in [0.717, 1.165) is 0 Å². The van der Waals surface area contributed by atoms with Crippen molar-refractivity contribution in [1.82, 2.24) is 19.4 Å². The molecule has 0 atom stereocenters. The van der Waals surface area contributed by atoms with E-state index in [-0.39, 0.29) is 35.0 Å². The fourth-order valence-electron chi connectivity index (χ4n) is 2.94. The number of carbonyl (C=O) groups is 1. The molecule has 3 heterocycles. The maximum Gasteiger partial charge on any atom is 0.273 e. The van der Waals surface area contributed by atoms with Gasteiger partial charge in [0.2, 0.25) is 15.9 Å². The Bertz CT molecular complexity index is 743. The minimum Gasteiger partial charge on any atom is -0.475 e. The highest BCUT2D eigenvalue weighted by atomic mass is 35.5. The number of nitrogens with one attached hydrogen (secondary N) is 1. The number of halogens is 1. The topological polar surface area (TPSA) is 103 Å². The SMILES string of the molecule is COCCS(=O)(=O)N1CCC(NC(=O)c2nn3c(c2Cl)OCC3)CC1. The van der Waals surface area contributed by atoms with Crippen molar-refractivity contribution in [3.63, 3.8) is 0 Å². The van der Waals surface area contributed by atoms with E-state index in [2.05, 4.69) is 10.4 Å². The maximum atomic E-state index is 12.4. The summed E-state index contributed by atoms with van der Waals surface area (Å²) in [5, 5.41) is 7.27. The van der Waals surface area contributed by atoms with Crippen molar-refractivity contribution in [2.45, 2.75) is 25.4 Å². The second-order valence-electron chi connectivity index (χ2n) is 5.99. The van der Waals surface area contributed by atoms with Crippen LogP contribution in [-0.4, -0.2) is 73.6 Å². The van der Waals surface area contributed by atoms with Gasteiger partial charge in [-0.1, -0.05) is 11.6 Å². The van der Waals surface area contributed by atoms with E-state index in [1.54, 1.807) is 4.68 Å². The quantitative estimate of drug-likeness (QED) is 0.736. The molecule has 1 aromatic heterocycles. The van der Waals surface area contributed by atoms with Crippen LogP contribution in [0.15, 0.2) is 0 Å². The highest BCUT2D eigenvalue weighted by Gasteiger charge is 2.31. The average molecular weight is 393 g/mol. The van der Waals surface area contributed by atoms with Gasteiger partial charge < -0.3 is 14.8 Å². The van der Waals surface area contributed by atoms with Crippen molar-refractivity contribution >= 4 is 27.5 Å². The molecule has 1 amide bonds. The summed E-state index contributed by atoms with van der Waals surface area (Å²) in [6.07, 6.45) is 1.08. The Hall–Kier alpha value is -1.36. The largest absolute Gasteiger partial charge is 0.475 e. The smallest absolute Gasteiger partial charge is 0.273 e. The Kier molecular flexibility index (Phi) is 5.52. The Balaban J connectivity index is 1.55. The molecule has 3 rings (SSSR count). The molecular weight excluding hydrogens is 372 g/mol. The lowest BCUT2D eigenvalue weighted by atomic mass is 10.1. The van der Waals surface area contributed by atoms with Gasteiger partial charge in [0.1, 0.15) is 11.6 Å². The summed E-state index contributed by atoms with van der Waals surface area (Å²) in [7, 11) is -1.84. The van der Waals surface area contributed by atoms with Crippen LogP contribution in [0, 0.1) is 0 Å². The average Bonchev–Trinajstić information content (AvgIpc) is 3.17. The van der Waals surface area contributed by atoms with Gasteiger partial charge in [0, 0.05) is 26.2 Å². The van der Waals surface area contributed by atoms with Gasteiger partial charge in [-0.15, -0.1) is 0 Å². The Morgan fingerprint density at radius 2 is 2.12 bits per heavy atom. The number of sulfonamides is 1. The first-order valence-corrected chi connectivity index (χ1v) is 10.1. The van der Waals surface area contributed by atoms with Crippen LogP contribution in [0.5, 0.6) is 5.88 Å². The highest BCUT2D eigenvalue weighted by molar-refractivity contribution is 7.89. The molecule has 0 bridgehead atoms. The minimum atomic E-state index is -3.31. The zero-order valence-corrected chi connectivity index (χ0v) is 15.5. The van der Waals surface area contributed by atoms with Crippen molar-refractivity contribution in [2.24, 2.45) is 0 Å². The molecule has 0 unspecified atom stereocenters. The molecule has 0 aliphatic carbocycles. The third kappa shape index (κ3) is 3.91. The van der Waals surface area contributed by atoms with Gasteiger partial charge in [0.25, 0.3) is 5.91 Å². The lowest BCUT2D eigenvalue weighted by molar-refractivity contribution is 0.0917. The third-order valence-electron chi connectivity index (χ3n) is 4.34. The zero-order chi connectivity index (χ0) is 18.0. The predicted molar refractivity (Wildman–Crippen MR) is 90.5 cm³/mol. The first-order valence-electron chi connectivity index (χ1n) is 8.09. The molecule has 9 nitrogen and oxygen atoms in total. The number of aromatic nitrogens is 2. The molecule has 25 heavy (non-hydrogen) atoms. The molecule has 0 spiro atoms. The van der Waals surface area contributed by atoms with E-state index in [1.807, 2.05) is 0 Å². The number of hydrogen-bond acceptors (Lipinski definition) is 6. The molecule has 1 aromatic rings. The predicted octanol–water partition coefficient (Wildman–Crippen LogP) is 0.0993. The first kappa shape index (κ1) is 18.4. The molecule has 1 saturated heterocycles. The van der Waals surface area contributed by atoms with Crippen LogP contribution in [0.4, 0.5) is 0 Å². The van der Waals surface area contributed by atoms with E-state index in [4.69, 9.17) is 21.1 Å². The van der Waals surface area contributed by atoms with Gasteiger partial charge in [-0.05, 0) is 12.8 Å². The van der Waals surface area contributed by atoms with Crippen LogP contribution in [0.3, 0.4) is 0 Å². The lowest BCUT2D eigenvalue weighted by Gasteiger charge is -2.31. The summed E-state index contributed by atoms with van der Waals surface area (Å²) in [6, 6.07) is -0.116. The van der Waals surface area contributed by atoms with E-state index in [1.165, 1.54) is 11.4 Å². The van der Waals surface area contributed by atoms with Crippen LogP contribution in [0.25, 0.3) is 0 Å². The summed E-state index contributed by atoms with van der Waals surface area (Å²) < 4.78 is 37.5. The summed E-state index contributed by atoms with van der Waals surface area (Å²) >= 11 is 6.15. The fourth-order valence-corrected chi connectivity index (χ4v) is 4.62. The fraction of sp³-hybridized carbons (Fsp3) is 0.714. The molecule has 1 N–H and O–H groups in total. The second kappa shape index (κ2) is 7.48. The van der Waals surface area contributed by atoms with E-state index in [0.29, 0.717) is 45.0 Å². The van der Waals surface area contributed by atoms with Crippen molar-refractivity contribution in [1.29, 1.82) is 0 Å². The van der Waals surface area contributed by atoms with Gasteiger partial charge in [-0.3, -0.25) is 4.79 Å². The van der Waals surface area contributed by atoms with Gasteiger partial charge in [-0.2, -0.15) is 5.10 Å². The molecular formula is C14H21ClN4O5S. The summed E-state index contributed by atoms with van der Waals surface area (Å²) in [6.45, 7) is 1.98. The number of amides is 1. The standard InChI is InChI=1S/C14H21ClN4O5S/c1-23-8-9-25(21,22)18-4-2-10(3-5-18)16-13(20)12-11(15)14-19(17-12)6-7-24-14/h10H,2-9H2,1H3,(H,16,20).